The predicted octanol–water partition coefficient (Wildman–Crippen LogP) is 2.09. The summed E-state index contributed by atoms with van der Waals surface area (Å²) in [7, 11) is 0. The van der Waals surface area contributed by atoms with Gasteiger partial charge in [-0.2, -0.15) is 0 Å². The highest BCUT2D eigenvalue weighted by molar-refractivity contribution is 5.73. The van der Waals surface area contributed by atoms with E-state index in [1.165, 1.54) is 0 Å². The SMILES string of the molecule is CCCOCC(O)c1cnc2ccccc2n1. The molecule has 2 rings (SSSR count). The first-order chi connectivity index (χ1) is 8.31. The van der Waals surface area contributed by atoms with E-state index in [1.807, 2.05) is 31.2 Å². The molecule has 0 amide bonds. The summed E-state index contributed by atoms with van der Waals surface area (Å²) >= 11 is 0. The van der Waals surface area contributed by atoms with Crippen molar-refractivity contribution >= 4 is 11.0 Å². The average Bonchev–Trinajstić information content (AvgIpc) is 2.38. The fourth-order valence-corrected chi connectivity index (χ4v) is 1.56. The Morgan fingerprint density at radius 3 is 2.82 bits per heavy atom. The number of aliphatic hydroxyl groups is 1. The minimum absolute atomic E-state index is 0.265. The highest BCUT2D eigenvalue weighted by Gasteiger charge is 2.10. The lowest BCUT2D eigenvalue weighted by Crippen LogP contribution is -2.10. The first-order valence-electron chi connectivity index (χ1n) is 5.78. The Morgan fingerprint density at radius 2 is 2.06 bits per heavy atom. The quantitative estimate of drug-likeness (QED) is 0.802. The van der Waals surface area contributed by atoms with Gasteiger partial charge in [0.2, 0.25) is 0 Å². The van der Waals surface area contributed by atoms with Crippen LogP contribution in [0.2, 0.25) is 0 Å². The van der Waals surface area contributed by atoms with Crippen LogP contribution in [0.4, 0.5) is 0 Å². The van der Waals surface area contributed by atoms with E-state index in [2.05, 4.69) is 9.97 Å². The molecule has 1 aromatic heterocycles. The second-order valence-electron chi connectivity index (χ2n) is 3.87. The minimum Gasteiger partial charge on any atom is -0.384 e. The molecule has 0 spiro atoms. The maximum atomic E-state index is 9.88. The maximum Gasteiger partial charge on any atom is 0.121 e. The van der Waals surface area contributed by atoms with Gasteiger partial charge in [0.05, 0.1) is 29.5 Å². The van der Waals surface area contributed by atoms with Crippen LogP contribution in [0, 0.1) is 0 Å². The van der Waals surface area contributed by atoms with Gasteiger partial charge in [0.15, 0.2) is 0 Å². The fraction of sp³-hybridized carbons (Fsp3) is 0.385. The smallest absolute Gasteiger partial charge is 0.121 e. The summed E-state index contributed by atoms with van der Waals surface area (Å²) in [6, 6.07) is 7.59. The molecule has 0 aliphatic carbocycles. The van der Waals surface area contributed by atoms with E-state index < -0.39 is 6.10 Å². The van der Waals surface area contributed by atoms with Gasteiger partial charge in [-0.15, -0.1) is 0 Å². The average molecular weight is 232 g/mol. The van der Waals surface area contributed by atoms with Crippen molar-refractivity contribution in [3.05, 3.63) is 36.2 Å². The van der Waals surface area contributed by atoms with Crippen LogP contribution in [-0.2, 0) is 4.74 Å². The predicted molar refractivity (Wildman–Crippen MR) is 65.6 cm³/mol. The molecule has 1 aromatic carbocycles. The van der Waals surface area contributed by atoms with Gasteiger partial charge >= 0.3 is 0 Å². The third-order valence-corrected chi connectivity index (χ3v) is 2.43. The highest BCUT2D eigenvalue weighted by atomic mass is 16.5. The van der Waals surface area contributed by atoms with Crippen LogP contribution in [-0.4, -0.2) is 28.3 Å². The molecule has 2 aromatic rings. The van der Waals surface area contributed by atoms with Crippen molar-refractivity contribution in [3.63, 3.8) is 0 Å². The molecule has 1 N–H and O–H groups in total. The third kappa shape index (κ3) is 2.99. The van der Waals surface area contributed by atoms with Gasteiger partial charge < -0.3 is 9.84 Å². The van der Waals surface area contributed by atoms with Gasteiger partial charge in [0.25, 0.3) is 0 Å². The third-order valence-electron chi connectivity index (χ3n) is 2.43. The molecule has 17 heavy (non-hydrogen) atoms. The fourth-order valence-electron chi connectivity index (χ4n) is 1.56. The van der Waals surface area contributed by atoms with Gasteiger partial charge in [-0.25, -0.2) is 4.98 Å². The number of aliphatic hydroxyl groups excluding tert-OH is 1. The molecule has 0 fully saturated rings. The summed E-state index contributed by atoms with van der Waals surface area (Å²) in [5.74, 6) is 0. The van der Waals surface area contributed by atoms with Gasteiger partial charge in [-0.1, -0.05) is 19.1 Å². The molecular formula is C13H16N2O2. The van der Waals surface area contributed by atoms with Gasteiger partial charge in [0, 0.05) is 6.61 Å². The lowest BCUT2D eigenvalue weighted by Gasteiger charge is -2.10. The van der Waals surface area contributed by atoms with Crippen molar-refractivity contribution in [2.75, 3.05) is 13.2 Å². The van der Waals surface area contributed by atoms with Crippen LogP contribution >= 0.6 is 0 Å². The zero-order valence-corrected chi connectivity index (χ0v) is 9.84. The van der Waals surface area contributed by atoms with Gasteiger partial charge in [-0.05, 0) is 18.6 Å². The molecule has 1 atom stereocenters. The minimum atomic E-state index is -0.710. The molecule has 90 valence electrons. The van der Waals surface area contributed by atoms with Crippen LogP contribution in [0.15, 0.2) is 30.5 Å². The van der Waals surface area contributed by atoms with Crippen molar-refractivity contribution in [3.8, 4) is 0 Å². The molecular weight excluding hydrogens is 216 g/mol. The Hall–Kier alpha value is -1.52. The standard InChI is InChI=1S/C13H16N2O2/c1-2-7-17-9-13(16)12-8-14-10-5-3-4-6-11(10)15-12/h3-6,8,13,16H,2,7,9H2,1H3. The van der Waals surface area contributed by atoms with Crippen LogP contribution in [0.1, 0.15) is 25.1 Å². The van der Waals surface area contributed by atoms with E-state index in [1.54, 1.807) is 6.20 Å². The van der Waals surface area contributed by atoms with Gasteiger partial charge in [-0.3, -0.25) is 4.98 Å². The molecule has 1 heterocycles. The molecule has 0 radical (unpaired) electrons. The van der Waals surface area contributed by atoms with E-state index in [4.69, 9.17) is 4.74 Å². The lowest BCUT2D eigenvalue weighted by atomic mass is 10.2. The van der Waals surface area contributed by atoms with Crippen LogP contribution in [0.5, 0.6) is 0 Å². The number of nitrogens with zero attached hydrogens (tertiary/aromatic N) is 2. The summed E-state index contributed by atoms with van der Waals surface area (Å²) in [6.45, 7) is 2.95. The molecule has 0 saturated heterocycles. The summed E-state index contributed by atoms with van der Waals surface area (Å²) < 4.78 is 5.29. The molecule has 0 aliphatic rings. The first-order valence-corrected chi connectivity index (χ1v) is 5.78. The Morgan fingerprint density at radius 1 is 1.29 bits per heavy atom. The topological polar surface area (TPSA) is 55.2 Å². The molecule has 0 saturated carbocycles. The zero-order chi connectivity index (χ0) is 12.1. The summed E-state index contributed by atoms with van der Waals surface area (Å²) in [5.41, 5.74) is 2.18. The second kappa shape index (κ2) is 5.70. The van der Waals surface area contributed by atoms with Crippen LogP contribution in [0.3, 0.4) is 0 Å². The summed E-state index contributed by atoms with van der Waals surface area (Å²) in [5, 5.41) is 9.88. The van der Waals surface area contributed by atoms with Crippen molar-refractivity contribution in [2.24, 2.45) is 0 Å². The number of fused-ring (bicyclic) bond motifs is 1. The highest BCUT2D eigenvalue weighted by Crippen LogP contribution is 2.14. The Balaban J connectivity index is 2.12. The largest absolute Gasteiger partial charge is 0.384 e. The van der Waals surface area contributed by atoms with E-state index >= 15 is 0 Å². The first kappa shape index (κ1) is 12.0. The number of ether oxygens (including phenoxy) is 1. The number of rotatable bonds is 5. The summed E-state index contributed by atoms with van der Waals surface area (Å²) in [4.78, 5) is 8.61. The molecule has 1 unspecified atom stereocenters. The number of hydrogen-bond acceptors (Lipinski definition) is 4. The molecule has 4 nitrogen and oxygen atoms in total. The van der Waals surface area contributed by atoms with Crippen molar-refractivity contribution < 1.29 is 9.84 Å². The monoisotopic (exact) mass is 232 g/mol. The van der Waals surface area contributed by atoms with Crippen molar-refractivity contribution in [2.45, 2.75) is 19.4 Å². The normalized spacial score (nSPS) is 12.8. The van der Waals surface area contributed by atoms with E-state index in [-0.39, 0.29) is 6.61 Å². The number of para-hydroxylation sites is 2. The Labute approximate surface area is 100 Å². The van der Waals surface area contributed by atoms with Gasteiger partial charge in [0.1, 0.15) is 6.10 Å². The zero-order valence-electron chi connectivity index (χ0n) is 9.84. The van der Waals surface area contributed by atoms with Crippen LogP contribution < -0.4 is 0 Å². The molecule has 0 aliphatic heterocycles. The number of hydrogen-bond donors (Lipinski definition) is 1. The number of aromatic nitrogens is 2. The van der Waals surface area contributed by atoms with E-state index in [9.17, 15) is 5.11 Å². The van der Waals surface area contributed by atoms with Crippen molar-refractivity contribution in [1.82, 2.24) is 9.97 Å². The molecule has 4 heteroatoms. The van der Waals surface area contributed by atoms with E-state index in [0.717, 1.165) is 17.5 Å². The molecule has 0 bridgehead atoms. The van der Waals surface area contributed by atoms with E-state index in [0.29, 0.717) is 12.3 Å². The number of benzene rings is 1. The Kier molecular flexibility index (Phi) is 4.01. The van der Waals surface area contributed by atoms with Crippen LogP contribution in [0.25, 0.3) is 11.0 Å². The summed E-state index contributed by atoms with van der Waals surface area (Å²) in [6.07, 6.45) is 1.83. The second-order valence-corrected chi connectivity index (χ2v) is 3.87. The van der Waals surface area contributed by atoms with Crippen molar-refractivity contribution in [1.29, 1.82) is 0 Å². The maximum absolute atomic E-state index is 9.88. The lowest BCUT2D eigenvalue weighted by molar-refractivity contribution is 0.0342. The Bertz CT molecular complexity index is 488.